The molecule has 132 valence electrons. The second kappa shape index (κ2) is 7.83. The van der Waals surface area contributed by atoms with E-state index < -0.39 is 5.97 Å². The van der Waals surface area contributed by atoms with Crippen LogP contribution in [0.2, 0.25) is 0 Å². The van der Waals surface area contributed by atoms with Crippen molar-refractivity contribution in [1.82, 2.24) is 15.3 Å². The number of pyridine rings is 1. The van der Waals surface area contributed by atoms with Crippen LogP contribution >= 0.6 is 0 Å². The van der Waals surface area contributed by atoms with Gasteiger partial charge in [-0.2, -0.15) is 0 Å². The first-order valence-corrected chi connectivity index (χ1v) is 8.52. The van der Waals surface area contributed by atoms with Gasteiger partial charge < -0.3 is 20.7 Å². The van der Waals surface area contributed by atoms with E-state index in [1.807, 2.05) is 6.20 Å². The van der Waals surface area contributed by atoms with Crippen molar-refractivity contribution in [3.8, 4) is 0 Å². The number of carboxylic acid groups (broad SMARTS) is 1. The summed E-state index contributed by atoms with van der Waals surface area (Å²) in [5.74, 6) is -0.223. The largest absolute Gasteiger partial charge is 0.481 e. The van der Waals surface area contributed by atoms with Crippen molar-refractivity contribution >= 4 is 17.7 Å². The second-order valence-electron chi connectivity index (χ2n) is 6.16. The standard InChI is InChI=1S/C18H22N4O3/c23-16(24)7-9-20-18(25)15-10-12(11-21-15)3-5-14-6-4-13-2-1-8-19-17(13)22-14/h4,6,10-11,21H,1-3,5,7-9H2,(H,19,22)(H,20,25)(H,23,24). The van der Waals surface area contributed by atoms with E-state index in [1.165, 1.54) is 5.56 Å². The molecule has 2 aromatic rings. The number of anilines is 1. The Morgan fingerprint density at radius 3 is 3.00 bits per heavy atom. The van der Waals surface area contributed by atoms with Gasteiger partial charge in [-0.1, -0.05) is 6.07 Å². The van der Waals surface area contributed by atoms with Gasteiger partial charge in [-0.15, -0.1) is 0 Å². The van der Waals surface area contributed by atoms with Crippen LogP contribution in [0, 0.1) is 0 Å². The van der Waals surface area contributed by atoms with Crippen LogP contribution in [0.4, 0.5) is 5.82 Å². The van der Waals surface area contributed by atoms with Gasteiger partial charge in [-0.3, -0.25) is 9.59 Å². The van der Waals surface area contributed by atoms with Crippen LogP contribution in [0.15, 0.2) is 24.4 Å². The van der Waals surface area contributed by atoms with Crippen molar-refractivity contribution in [2.24, 2.45) is 0 Å². The Morgan fingerprint density at radius 2 is 2.16 bits per heavy atom. The number of hydrogen-bond acceptors (Lipinski definition) is 4. The number of rotatable bonds is 7. The van der Waals surface area contributed by atoms with Gasteiger partial charge in [0.2, 0.25) is 0 Å². The van der Waals surface area contributed by atoms with Crippen LogP contribution in [-0.4, -0.2) is 40.0 Å². The summed E-state index contributed by atoms with van der Waals surface area (Å²) in [6.07, 6.45) is 5.53. The van der Waals surface area contributed by atoms with Crippen LogP contribution in [0.25, 0.3) is 0 Å². The predicted octanol–water partition coefficient (Wildman–Crippen LogP) is 1.76. The first kappa shape index (κ1) is 17.0. The zero-order valence-electron chi connectivity index (χ0n) is 14.0. The highest BCUT2D eigenvalue weighted by molar-refractivity contribution is 5.92. The lowest BCUT2D eigenvalue weighted by molar-refractivity contribution is -0.136. The van der Waals surface area contributed by atoms with Gasteiger partial charge in [-0.25, -0.2) is 4.98 Å². The first-order chi connectivity index (χ1) is 12.1. The van der Waals surface area contributed by atoms with Crippen LogP contribution in [0.1, 0.15) is 40.2 Å². The Kier molecular flexibility index (Phi) is 5.33. The normalized spacial score (nSPS) is 13.0. The number of hydrogen-bond donors (Lipinski definition) is 4. The van der Waals surface area contributed by atoms with Gasteiger partial charge in [0.25, 0.3) is 5.91 Å². The van der Waals surface area contributed by atoms with E-state index >= 15 is 0 Å². The Morgan fingerprint density at radius 1 is 1.28 bits per heavy atom. The van der Waals surface area contributed by atoms with E-state index in [1.54, 1.807) is 6.07 Å². The molecule has 0 unspecified atom stereocenters. The molecular weight excluding hydrogens is 320 g/mol. The SMILES string of the molecule is O=C(O)CCNC(=O)c1cc(CCc2ccc3c(n2)NCCC3)c[nH]1. The molecule has 1 aliphatic heterocycles. The molecule has 2 aromatic heterocycles. The average molecular weight is 342 g/mol. The third-order valence-electron chi connectivity index (χ3n) is 4.23. The summed E-state index contributed by atoms with van der Waals surface area (Å²) in [5, 5.41) is 14.5. The van der Waals surface area contributed by atoms with Gasteiger partial charge in [0.05, 0.1) is 6.42 Å². The molecule has 0 saturated carbocycles. The van der Waals surface area contributed by atoms with Crippen LogP contribution < -0.4 is 10.6 Å². The molecular formula is C18H22N4O3. The number of aryl methyl sites for hydroxylation is 3. The molecule has 0 aliphatic carbocycles. The summed E-state index contributed by atoms with van der Waals surface area (Å²) in [7, 11) is 0. The highest BCUT2D eigenvalue weighted by atomic mass is 16.4. The maximum absolute atomic E-state index is 11.9. The number of amides is 1. The highest BCUT2D eigenvalue weighted by Crippen LogP contribution is 2.20. The zero-order chi connectivity index (χ0) is 17.6. The number of aromatic nitrogens is 2. The molecule has 0 fully saturated rings. The van der Waals surface area contributed by atoms with Crippen LogP contribution in [0.5, 0.6) is 0 Å². The molecule has 0 bridgehead atoms. The number of aromatic amines is 1. The Bertz CT molecular complexity index is 769. The average Bonchev–Trinajstić information content (AvgIpc) is 3.08. The summed E-state index contributed by atoms with van der Waals surface area (Å²) in [4.78, 5) is 30.0. The summed E-state index contributed by atoms with van der Waals surface area (Å²) in [5.41, 5.74) is 3.77. The van der Waals surface area contributed by atoms with Crippen molar-refractivity contribution in [2.45, 2.75) is 32.1 Å². The van der Waals surface area contributed by atoms with Gasteiger partial charge in [-0.05, 0) is 48.9 Å². The summed E-state index contributed by atoms with van der Waals surface area (Å²) in [6.45, 7) is 1.09. The van der Waals surface area contributed by atoms with E-state index in [9.17, 15) is 9.59 Å². The molecule has 0 spiro atoms. The molecule has 7 nitrogen and oxygen atoms in total. The summed E-state index contributed by atoms with van der Waals surface area (Å²) in [6, 6.07) is 6.01. The van der Waals surface area contributed by atoms with Crippen molar-refractivity contribution in [2.75, 3.05) is 18.4 Å². The van der Waals surface area contributed by atoms with Crippen molar-refractivity contribution in [3.63, 3.8) is 0 Å². The first-order valence-electron chi connectivity index (χ1n) is 8.52. The molecule has 0 aromatic carbocycles. The molecule has 1 amide bonds. The van der Waals surface area contributed by atoms with Gasteiger partial charge in [0.15, 0.2) is 0 Å². The predicted molar refractivity (Wildman–Crippen MR) is 93.8 cm³/mol. The van der Waals surface area contributed by atoms with E-state index in [-0.39, 0.29) is 18.9 Å². The van der Waals surface area contributed by atoms with Crippen molar-refractivity contribution < 1.29 is 14.7 Å². The minimum Gasteiger partial charge on any atom is -0.481 e. The lowest BCUT2D eigenvalue weighted by atomic mass is 10.1. The molecule has 25 heavy (non-hydrogen) atoms. The highest BCUT2D eigenvalue weighted by Gasteiger charge is 2.12. The Labute approximate surface area is 145 Å². The number of fused-ring (bicyclic) bond motifs is 1. The van der Waals surface area contributed by atoms with Gasteiger partial charge in [0, 0.05) is 25.0 Å². The van der Waals surface area contributed by atoms with Crippen molar-refractivity contribution in [1.29, 1.82) is 0 Å². The molecule has 0 atom stereocenters. The molecule has 0 radical (unpaired) electrons. The van der Waals surface area contributed by atoms with E-state index in [0.29, 0.717) is 5.69 Å². The lowest BCUT2D eigenvalue weighted by Gasteiger charge is -2.17. The molecule has 7 heteroatoms. The fourth-order valence-corrected chi connectivity index (χ4v) is 2.87. The van der Waals surface area contributed by atoms with Crippen LogP contribution in [0.3, 0.4) is 0 Å². The number of carbonyl (C=O) groups is 2. The molecule has 4 N–H and O–H groups in total. The number of aliphatic carboxylic acids is 1. The molecule has 3 rings (SSSR count). The third-order valence-corrected chi connectivity index (χ3v) is 4.23. The fraction of sp³-hybridized carbons (Fsp3) is 0.389. The summed E-state index contributed by atoms with van der Waals surface area (Å²) >= 11 is 0. The number of nitrogens with zero attached hydrogens (tertiary/aromatic N) is 1. The zero-order valence-corrected chi connectivity index (χ0v) is 14.0. The van der Waals surface area contributed by atoms with E-state index in [4.69, 9.17) is 5.11 Å². The fourth-order valence-electron chi connectivity index (χ4n) is 2.87. The van der Waals surface area contributed by atoms with E-state index in [2.05, 4.69) is 32.7 Å². The minimum absolute atomic E-state index is 0.0860. The second-order valence-corrected chi connectivity index (χ2v) is 6.16. The number of carbonyl (C=O) groups excluding carboxylic acids is 1. The van der Waals surface area contributed by atoms with Gasteiger partial charge >= 0.3 is 5.97 Å². The summed E-state index contributed by atoms with van der Waals surface area (Å²) < 4.78 is 0. The molecule has 0 saturated heterocycles. The Balaban J connectivity index is 1.53. The topological polar surface area (TPSA) is 107 Å². The minimum atomic E-state index is -0.931. The van der Waals surface area contributed by atoms with Gasteiger partial charge in [0.1, 0.15) is 11.5 Å². The number of nitrogens with one attached hydrogen (secondary N) is 3. The third kappa shape index (κ3) is 4.59. The lowest BCUT2D eigenvalue weighted by Crippen LogP contribution is -2.26. The number of H-pyrrole nitrogens is 1. The molecule has 1 aliphatic rings. The quantitative estimate of drug-likeness (QED) is 0.613. The van der Waals surface area contributed by atoms with E-state index in [0.717, 1.165) is 49.3 Å². The smallest absolute Gasteiger partial charge is 0.305 e. The monoisotopic (exact) mass is 342 g/mol. The van der Waals surface area contributed by atoms with Crippen LogP contribution in [-0.2, 0) is 24.1 Å². The Hall–Kier alpha value is -2.83. The van der Waals surface area contributed by atoms with Crippen molar-refractivity contribution in [3.05, 3.63) is 46.9 Å². The molecule has 3 heterocycles. The maximum atomic E-state index is 11.9. The maximum Gasteiger partial charge on any atom is 0.305 e. The number of carboxylic acids is 1.